The number of rotatable bonds is 3. The Labute approximate surface area is 130 Å². The Morgan fingerprint density at radius 2 is 2.14 bits per heavy atom. The maximum atomic E-state index is 4.63. The van der Waals surface area contributed by atoms with E-state index in [2.05, 4.69) is 46.9 Å². The highest BCUT2D eigenvalue weighted by atomic mass is 32.2. The number of thioether (sulfide) groups is 1. The van der Waals surface area contributed by atoms with Gasteiger partial charge in [0.15, 0.2) is 5.16 Å². The molecule has 1 aromatic heterocycles. The van der Waals surface area contributed by atoms with E-state index >= 15 is 0 Å². The van der Waals surface area contributed by atoms with E-state index < -0.39 is 0 Å². The summed E-state index contributed by atoms with van der Waals surface area (Å²) < 4.78 is 0. The second kappa shape index (κ2) is 6.16. The molecule has 2 aromatic rings. The first kappa shape index (κ1) is 14.5. The first-order valence-electron chi connectivity index (χ1n) is 7.33. The highest BCUT2D eigenvalue weighted by Gasteiger charge is 2.18. The van der Waals surface area contributed by atoms with E-state index in [1.165, 1.54) is 27.9 Å². The van der Waals surface area contributed by atoms with Crippen LogP contribution in [-0.2, 0) is 19.5 Å². The smallest absolute Gasteiger partial charge is 0.187 e. The second-order valence-electron chi connectivity index (χ2n) is 5.72. The number of nitrogens with zero attached hydrogens (tertiary/aromatic N) is 3. The highest BCUT2D eigenvalue weighted by molar-refractivity contribution is 7.98. The van der Waals surface area contributed by atoms with Crippen molar-refractivity contribution in [3.8, 4) is 0 Å². The van der Waals surface area contributed by atoms with E-state index in [0.29, 0.717) is 0 Å². The van der Waals surface area contributed by atoms with Crippen LogP contribution in [0.5, 0.6) is 0 Å². The molecular formula is C17H21N3S. The van der Waals surface area contributed by atoms with E-state index in [9.17, 15) is 0 Å². The lowest BCUT2D eigenvalue weighted by molar-refractivity contribution is 0.241. The Morgan fingerprint density at radius 3 is 2.95 bits per heavy atom. The Morgan fingerprint density at radius 1 is 1.29 bits per heavy atom. The molecule has 0 saturated carbocycles. The van der Waals surface area contributed by atoms with E-state index in [4.69, 9.17) is 0 Å². The van der Waals surface area contributed by atoms with Crippen LogP contribution >= 0.6 is 11.8 Å². The number of fused-ring (bicyclic) bond motifs is 1. The average molecular weight is 299 g/mol. The fourth-order valence-corrected chi connectivity index (χ4v) is 3.16. The van der Waals surface area contributed by atoms with Crippen LogP contribution in [0.1, 0.15) is 27.9 Å². The Hall–Kier alpha value is -1.39. The standard InChI is InChI=1S/C17H21N3S/c1-12-4-5-13(2)14(8-12)10-20-7-6-16-15(11-20)9-18-17(19-16)21-3/h4-5,8-9H,6-7,10-11H2,1-3H3. The first-order valence-corrected chi connectivity index (χ1v) is 8.55. The van der Waals surface area contributed by atoms with E-state index in [0.717, 1.165) is 31.2 Å². The van der Waals surface area contributed by atoms with Crippen molar-refractivity contribution in [2.45, 2.75) is 38.5 Å². The van der Waals surface area contributed by atoms with Crippen molar-refractivity contribution in [2.75, 3.05) is 12.8 Å². The van der Waals surface area contributed by atoms with Crippen LogP contribution in [0.15, 0.2) is 29.6 Å². The van der Waals surface area contributed by atoms with Gasteiger partial charge in [0, 0.05) is 37.8 Å². The lowest BCUT2D eigenvalue weighted by atomic mass is 10.0. The predicted molar refractivity (Wildman–Crippen MR) is 87.5 cm³/mol. The molecule has 21 heavy (non-hydrogen) atoms. The third kappa shape index (κ3) is 3.27. The number of aryl methyl sites for hydroxylation is 2. The van der Waals surface area contributed by atoms with Crippen LogP contribution in [0.3, 0.4) is 0 Å². The molecule has 3 nitrogen and oxygen atoms in total. The van der Waals surface area contributed by atoms with Gasteiger partial charge in [0.1, 0.15) is 0 Å². The quantitative estimate of drug-likeness (QED) is 0.642. The minimum Gasteiger partial charge on any atom is -0.294 e. The van der Waals surface area contributed by atoms with Gasteiger partial charge in [-0.15, -0.1) is 0 Å². The summed E-state index contributed by atoms with van der Waals surface area (Å²) in [5, 5.41) is 0.886. The van der Waals surface area contributed by atoms with Crippen LogP contribution in [0.25, 0.3) is 0 Å². The summed E-state index contributed by atoms with van der Waals surface area (Å²) in [5.41, 5.74) is 6.65. The number of aromatic nitrogens is 2. The second-order valence-corrected chi connectivity index (χ2v) is 6.49. The summed E-state index contributed by atoms with van der Waals surface area (Å²) in [7, 11) is 0. The number of hydrogen-bond donors (Lipinski definition) is 0. The Kier molecular flexibility index (Phi) is 4.27. The van der Waals surface area contributed by atoms with Crippen molar-refractivity contribution in [1.82, 2.24) is 14.9 Å². The lowest BCUT2D eigenvalue weighted by Crippen LogP contribution is -2.31. The summed E-state index contributed by atoms with van der Waals surface area (Å²) in [6, 6.07) is 6.71. The zero-order chi connectivity index (χ0) is 14.8. The number of benzene rings is 1. The minimum atomic E-state index is 0.886. The molecule has 0 bridgehead atoms. The van der Waals surface area contributed by atoms with Crippen molar-refractivity contribution < 1.29 is 0 Å². The highest BCUT2D eigenvalue weighted by Crippen LogP contribution is 2.22. The van der Waals surface area contributed by atoms with Crippen LogP contribution < -0.4 is 0 Å². The third-order valence-electron chi connectivity index (χ3n) is 4.07. The average Bonchev–Trinajstić information content (AvgIpc) is 2.50. The summed E-state index contributed by atoms with van der Waals surface area (Å²) in [6.45, 7) is 7.40. The monoisotopic (exact) mass is 299 g/mol. The molecule has 0 atom stereocenters. The van der Waals surface area contributed by atoms with Crippen LogP contribution in [0, 0.1) is 13.8 Å². The van der Waals surface area contributed by atoms with E-state index in [-0.39, 0.29) is 0 Å². The van der Waals surface area contributed by atoms with Gasteiger partial charge in [-0.2, -0.15) is 0 Å². The fraction of sp³-hybridized carbons (Fsp3) is 0.412. The molecule has 0 fully saturated rings. The number of hydrogen-bond acceptors (Lipinski definition) is 4. The molecule has 4 heteroatoms. The molecule has 0 spiro atoms. The minimum absolute atomic E-state index is 0.886. The topological polar surface area (TPSA) is 29.0 Å². The summed E-state index contributed by atoms with van der Waals surface area (Å²) in [5.74, 6) is 0. The summed E-state index contributed by atoms with van der Waals surface area (Å²) in [6.07, 6.45) is 5.05. The molecule has 0 amide bonds. The van der Waals surface area contributed by atoms with Gasteiger partial charge in [0.05, 0.1) is 5.69 Å². The molecule has 1 aromatic carbocycles. The molecule has 0 saturated heterocycles. The summed E-state index contributed by atoms with van der Waals surface area (Å²) >= 11 is 1.61. The zero-order valence-electron chi connectivity index (χ0n) is 12.9. The van der Waals surface area contributed by atoms with Gasteiger partial charge in [-0.3, -0.25) is 4.90 Å². The largest absolute Gasteiger partial charge is 0.294 e. The van der Waals surface area contributed by atoms with E-state index in [1.807, 2.05) is 12.5 Å². The molecule has 3 rings (SSSR count). The van der Waals surface area contributed by atoms with Gasteiger partial charge < -0.3 is 0 Å². The van der Waals surface area contributed by atoms with Gasteiger partial charge in [0.25, 0.3) is 0 Å². The third-order valence-corrected chi connectivity index (χ3v) is 4.63. The van der Waals surface area contributed by atoms with Gasteiger partial charge in [-0.1, -0.05) is 35.5 Å². The molecule has 0 aliphatic carbocycles. The normalized spacial score (nSPS) is 15.0. The van der Waals surface area contributed by atoms with Crippen molar-refractivity contribution >= 4 is 11.8 Å². The van der Waals surface area contributed by atoms with Crippen molar-refractivity contribution in [3.05, 3.63) is 52.3 Å². The zero-order valence-corrected chi connectivity index (χ0v) is 13.7. The van der Waals surface area contributed by atoms with Crippen molar-refractivity contribution in [3.63, 3.8) is 0 Å². The molecule has 110 valence electrons. The predicted octanol–water partition coefficient (Wildman–Crippen LogP) is 3.37. The first-order chi connectivity index (χ1) is 10.2. The molecule has 0 unspecified atom stereocenters. The van der Waals surface area contributed by atoms with Crippen LogP contribution in [-0.4, -0.2) is 27.7 Å². The molecule has 1 aliphatic heterocycles. The van der Waals surface area contributed by atoms with Crippen molar-refractivity contribution in [1.29, 1.82) is 0 Å². The van der Waals surface area contributed by atoms with Gasteiger partial charge in [-0.25, -0.2) is 9.97 Å². The van der Waals surface area contributed by atoms with E-state index in [1.54, 1.807) is 11.8 Å². The SMILES string of the molecule is CSc1ncc2c(n1)CCN(Cc1cc(C)ccc1C)C2. The van der Waals surface area contributed by atoms with Gasteiger partial charge >= 0.3 is 0 Å². The fourth-order valence-electron chi connectivity index (χ4n) is 2.80. The lowest BCUT2D eigenvalue weighted by Gasteiger charge is -2.28. The van der Waals surface area contributed by atoms with Gasteiger partial charge in [0.2, 0.25) is 0 Å². The maximum Gasteiger partial charge on any atom is 0.187 e. The molecule has 0 N–H and O–H groups in total. The Balaban J connectivity index is 1.76. The van der Waals surface area contributed by atoms with Crippen molar-refractivity contribution in [2.24, 2.45) is 0 Å². The molecule has 2 heterocycles. The molecule has 0 radical (unpaired) electrons. The Bertz CT molecular complexity index is 654. The summed E-state index contributed by atoms with van der Waals surface area (Å²) in [4.78, 5) is 11.5. The molecule has 1 aliphatic rings. The maximum absolute atomic E-state index is 4.63. The van der Waals surface area contributed by atoms with Gasteiger partial charge in [-0.05, 0) is 31.2 Å². The molecular weight excluding hydrogens is 278 g/mol. The van der Waals surface area contributed by atoms with Crippen LogP contribution in [0.2, 0.25) is 0 Å². The van der Waals surface area contributed by atoms with Crippen LogP contribution in [0.4, 0.5) is 0 Å².